The van der Waals surface area contributed by atoms with Gasteiger partial charge in [-0.25, -0.2) is 0 Å². The second-order valence-electron chi connectivity index (χ2n) is 6.71. The highest BCUT2D eigenvalue weighted by atomic mass is 35.5. The van der Waals surface area contributed by atoms with E-state index in [4.69, 9.17) is 16.1 Å². The van der Waals surface area contributed by atoms with Crippen LogP contribution < -0.4 is 5.32 Å². The molecular formula is C19H25ClN4O2. The van der Waals surface area contributed by atoms with Crippen molar-refractivity contribution in [2.75, 3.05) is 39.3 Å². The monoisotopic (exact) mass is 376 g/mol. The van der Waals surface area contributed by atoms with Crippen molar-refractivity contribution in [1.82, 2.24) is 20.3 Å². The first-order chi connectivity index (χ1) is 12.6. The Morgan fingerprint density at radius 1 is 1.23 bits per heavy atom. The van der Waals surface area contributed by atoms with Crippen molar-refractivity contribution < 1.29 is 9.32 Å². The normalized spacial score (nSPS) is 15.9. The van der Waals surface area contributed by atoms with Crippen LogP contribution in [0.25, 0.3) is 0 Å². The summed E-state index contributed by atoms with van der Waals surface area (Å²) in [4.78, 5) is 16.7. The minimum atomic E-state index is 0.0765. The van der Waals surface area contributed by atoms with E-state index in [2.05, 4.69) is 20.3 Å². The highest BCUT2D eigenvalue weighted by Crippen LogP contribution is 2.11. The third-order valence-corrected chi connectivity index (χ3v) is 4.75. The fraction of sp³-hybridized carbons (Fsp3) is 0.474. The molecule has 0 aliphatic carbocycles. The molecule has 1 amide bonds. The van der Waals surface area contributed by atoms with Crippen LogP contribution in [0.15, 0.2) is 34.9 Å². The van der Waals surface area contributed by atoms with Crippen LogP contribution >= 0.6 is 11.6 Å². The molecule has 1 fully saturated rings. The number of halogens is 1. The lowest BCUT2D eigenvalue weighted by molar-refractivity contribution is -0.122. The first kappa shape index (κ1) is 18.9. The topological polar surface area (TPSA) is 61.6 Å². The van der Waals surface area contributed by atoms with E-state index >= 15 is 0 Å². The highest BCUT2D eigenvalue weighted by Gasteiger charge is 2.19. The lowest BCUT2D eigenvalue weighted by Gasteiger charge is -2.33. The van der Waals surface area contributed by atoms with Gasteiger partial charge in [0.1, 0.15) is 5.76 Å². The molecule has 0 saturated carbocycles. The smallest absolute Gasteiger partial charge is 0.234 e. The summed E-state index contributed by atoms with van der Waals surface area (Å²) in [6, 6.07) is 9.71. The van der Waals surface area contributed by atoms with E-state index in [1.165, 1.54) is 0 Å². The van der Waals surface area contributed by atoms with Crippen LogP contribution in [-0.4, -0.2) is 60.1 Å². The molecule has 0 atom stereocenters. The van der Waals surface area contributed by atoms with Gasteiger partial charge in [0.05, 0.1) is 12.2 Å². The Balaban J connectivity index is 1.33. The number of aryl methyl sites for hydroxylation is 1. The average molecular weight is 377 g/mol. The van der Waals surface area contributed by atoms with Crippen LogP contribution in [0.5, 0.6) is 0 Å². The van der Waals surface area contributed by atoms with Gasteiger partial charge in [0.2, 0.25) is 5.91 Å². The van der Waals surface area contributed by atoms with E-state index in [-0.39, 0.29) is 5.91 Å². The number of carbonyl (C=O) groups excluding carboxylic acids is 1. The maximum atomic E-state index is 12.1. The van der Waals surface area contributed by atoms with Gasteiger partial charge in [0.15, 0.2) is 0 Å². The fourth-order valence-corrected chi connectivity index (χ4v) is 3.34. The molecule has 26 heavy (non-hydrogen) atoms. The molecule has 1 aromatic carbocycles. The Hall–Kier alpha value is -1.89. The predicted molar refractivity (Wildman–Crippen MR) is 101 cm³/mol. The summed E-state index contributed by atoms with van der Waals surface area (Å²) in [6.07, 6.45) is 0.789. The van der Waals surface area contributed by atoms with Crippen molar-refractivity contribution in [3.8, 4) is 0 Å². The van der Waals surface area contributed by atoms with Crippen molar-refractivity contribution in [2.45, 2.75) is 19.9 Å². The summed E-state index contributed by atoms with van der Waals surface area (Å²) in [5, 5.41) is 7.76. The second kappa shape index (κ2) is 9.16. The van der Waals surface area contributed by atoms with Crippen LogP contribution in [0, 0.1) is 6.92 Å². The van der Waals surface area contributed by atoms with Gasteiger partial charge in [-0.1, -0.05) is 28.9 Å². The van der Waals surface area contributed by atoms with Crippen molar-refractivity contribution >= 4 is 17.5 Å². The van der Waals surface area contributed by atoms with Gasteiger partial charge in [0, 0.05) is 50.4 Å². The van der Waals surface area contributed by atoms with Crippen molar-refractivity contribution in [2.24, 2.45) is 0 Å². The van der Waals surface area contributed by atoms with Crippen molar-refractivity contribution in [3.63, 3.8) is 0 Å². The lowest BCUT2D eigenvalue weighted by atomic mass is 10.1. The van der Waals surface area contributed by atoms with E-state index in [0.717, 1.165) is 61.2 Å². The van der Waals surface area contributed by atoms with Crippen LogP contribution in [-0.2, 0) is 17.8 Å². The standard InChI is InChI=1S/C19H25ClN4O2/c1-15-11-18(22-26-15)13-23-7-9-24(10-8-23)14-19(25)21-6-5-16-3-2-4-17(20)12-16/h2-4,11-12H,5-10,13-14H2,1H3,(H,21,25). The molecule has 1 saturated heterocycles. The number of rotatable bonds is 7. The van der Waals surface area contributed by atoms with Crippen LogP contribution in [0.2, 0.25) is 5.02 Å². The summed E-state index contributed by atoms with van der Waals surface area (Å²) in [5.41, 5.74) is 2.10. The Labute approximate surface area is 159 Å². The molecular weight excluding hydrogens is 352 g/mol. The Morgan fingerprint density at radius 3 is 2.69 bits per heavy atom. The third-order valence-electron chi connectivity index (χ3n) is 4.52. The molecule has 3 rings (SSSR count). The molecule has 140 valence electrons. The predicted octanol–water partition coefficient (Wildman–Crippen LogP) is 2.11. The van der Waals surface area contributed by atoms with Gasteiger partial charge in [-0.2, -0.15) is 0 Å². The van der Waals surface area contributed by atoms with Crippen LogP contribution in [0.1, 0.15) is 17.0 Å². The zero-order valence-corrected chi connectivity index (χ0v) is 15.8. The highest BCUT2D eigenvalue weighted by molar-refractivity contribution is 6.30. The SMILES string of the molecule is Cc1cc(CN2CCN(CC(=O)NCCc3cccc(Cl)c3)CC2)no1. The molecule has 1 N–H and O–H groups in total. The molecule has 0 radical (unpaired) electrons. The molecule has 7 heteroatoms. The Bertz CT molecular complexity index is 726. The van der Waals surface area contributed by atoms with Gasteiger partial charge < -0.3 is 9.84 Å². The van der Waals surface area contributed by atoms with Crippen molar-refractivity contribution in [3.05, 3.63) is 52.4 Å². The van der Waals surface area contributed by atoms with Gasteiger partial charge in [-0.15, -0.1) is 0 Å². The second-order valence-corrected chi connectivity index (χ2v) is 7.15. The molecule has 2 heterocycles. The summed E-state index contributed by atoms with van der Waals surface area (Å²) < 4.78 is 5.11. The molecule has 0 bridgehead atoms. The zero-order valence-electron chi connectivity index (χ0n) is 15.1. The minimum Gasteiger partial charge on any atom is -0.361 e. The summed E-state index contributed by atoms with van der Waals surface area (Å²) in [6.45, 7) is 7.42. The van der Waals surface area contributed by atoms with Gasteiger partial charge in [-0.05, 0) is 31.0 Å². The quantitative estimate of drug-likeness (QED) is 0.802. The zero-order chi connectivity index (χ0) is 18.4. The van der Waals surface area contributed by atoms with E-state index in [0.29, 0.717) is 13.1 Å². The van der Waals surface area contributed by atoms with E-state index in [1.54, 1.807) is 0 Å². The molecule has 0 spiro atoms. The summed E-state index contributed by atoms with van der Waals surface area (Å²) >= 11 is 5.97. The van der Waals surface area contributed by atoms with Crippen LogP contribution in [0.3, 0.4) is 0 Å². The Morgan fingerprint density at radius 2 is 2.00 bits per heavy atom. The number of carbonyl (C=O) groups is 1. The first-order valence-corrected chi connectivity index (χ1v) is 9.34. The first-order valence-electron chi connectivity index (χ1n) is 8.96. The average Bonchev–Trinajstić information content (AvgIpc) is 3.02. The maximum absolute atomic E-state index is 12.1. The number of nitrogens with zero attached hydrogens (tertiary/aromatic N) is 3. The molecule has 1 aliphatic heterocycles. The van der Waals surface area contributed by atoms with Gasteiger partial charge >= 0.3 is 0 Å². The number of aromatic nitrogens is 1. The molecule has 0 unspecified atom stereocenters. The van der Waals surface area contributed by atoms with E-state index in [1.807, 2.05) is 37.3 Å². The Kier molecular flexibility index (Phi) is 6.66. The van der Waals surface area contributed by atoms with Gasteiger partial charge in [0.25, 0.3) is 0 Å². The maximum Gasteiger partial charge on any atom is 0.234 e. The van der Waals surface area contributed by atoms with Crippen molar-refractivity contribution in [1.29, 1.82) is 0 Å². The van der Waals surface area contributed by atoms with E-state index < -0.39 is 0 Å². The molecule has 1 aliphatic rings. The number of hydrogen-bond acceptors (Lipinski definition) is 5. The lowest BCUT2D eigenvalue weighted by Crippen LogP contribution is -2.49. The van der Waals surface area contributed by atoms with E-state index in [9.17, 15) is 4.79 Å². The minimum absolute atomic E-state index is 0.0765. The largest absolute Gasteiger partial charge is 0.361 e. The third kappa shape index (κ3) is 5.83. The fourth-order valence-electron chi connectivity index (χ4n) is 3.12. The summed E-state index contributed by atoms with van der Waals surface area (Å²) in [7, 11) is 0. The molecule has 1 aromatic heterocycles. The molecule has 6 nitrogen and oxygen atoms in total. The van der Waals surface area contributed by atoms with Gasteiger partial charge in [-0.3, -0.25) is 14.6 Å². The number of amides is 1. The molecule has 2 aromatic rings. The van der Waals surface area contributed by atoms with Crippen LogP contribution in [0.4, 0.5) is 0 Å². The number of hydrogen-bond donors (Lipinski definition) is 1. The number of piperazine rings is 1. The summed E-state index contributed by atoms with van der Waals surface area (Å²) in [5.74, 6) is 0.917. The number of benzene rings is 1. The number of nitrogens with one attached hydrogen (secondary N) is 1.